The maximum Gasteiger partial charge on any atom is 0.0417 e. The van der Waals surface area contributed by atoms with E-state index in [0.29, 0.717) is 5.92 Å². The van der Waals surface area contributed by atoms with Gasteiger partial charge in [0.1, 0.15) is 0 Å². The van der Waals surface area contributed by atoms with Crippen molar-refractivity contribution in [3.63, 3.8) is 0 Å². The van der Waals surface area contributed by atoms with Gasteiger partial charge in [0.15, 0.2) is 0 Å². The van der Waals surface area contributed by atoms with E-state index in [4.69, 9.17) is 6.42 Å². The van der Waals surface area contributed by atoms with Gasteiger partial charge in [0, 0.05) is 5.92 Å². The van der Waals surface area contributed by atoms with Gasteiger partial charge in [-0.25, -0.2) is 0 Å². The molecule has 1 aliphatic rings. The number of rotatable bonds is 0. The van der Waals surface area contributed by atoms with E-state index in [-0.39, 0.29) is 0 Å². The van der Waals surface area contributed by atoms with Crippen molar-refractivity contribution in [1.29, 1.82) is 0 Å². The number of hydrogen-bond donors (Lipinski definition) is 0. The molecule has 0 amide bonds. The molecular formula is C8H8. The van der Waals surface area contributed by atoms with Crippen LogP contribution in [-0.2, 0) is 0 Å². The first-order chi connectivity index (χ1) is 3.93. The molecule has 0 bridgehead atoms. The Labute approximate surface area is 49.9 Å². The Morgan fingerprint density at radius 3 is 2.75 bits per heavy atom. The van der Waals surface area contributed by atoms with Gasteiger partial charge in [0.25, 0.3) is 0 Å². The molecule has 0 N–H and O–H groups in total. The Morgan fingerprint density at radius 2 is 2.38 bits per heavy atom. The second kappa shape index (κ2) is 2.37. The SMILES string of the molecule is C#CC1C=CC=CC1. The lowest BCUT2D eigenvalue weighted by Gasteiger charge is -2.01. The average molecular weight is 104 g/mol. The molecule has 1 unspecified atom stereocenters. The van der Waals surface area contributed by atoms with E-state index >= 15 is 0 Å². The highest BCUT2D eigenvalue weighted by atomic mass is 14.0. The summed E-state index contributed by atoms with van der Waals surface area (Å²) in [5.41, 5.74) is 0. The zero-order valence-electron chi connectivity index (χ0n) is 4.67. The molecule has 0 heterocycles. The summed E-state index contributed by atoms with van der Waals surface area (Å²) >= 11 is 0. The third-order valence-electron chi connectivity index (χ3n) is 1.19. The van der Waals surface area contributed by atoms with E-state index in [0.717, 1.165) is 6.42 Å². The molecule has 0 heteroatoms. The van der Waals surface area contributed by atoms with Gasteiger partial charge in [0.2, 0.25) is 0 Å². The Bertz CT molecular complexity index is 155. The number of hydrogen-bond acceptors (Lipinski definition) is 0. The fourth-order valence-electron chi connectivity index (χ4n) is 0.704. The van der Waals surface area contributed by atoms with Gasteiger partial charge < -0.3 is 0 Å². The third-order valence-corrected chi connectivity index (χ3v) is 1.19. The number of terminal acetylenes is 1. The molecule has 0 aliphatic heterocycles. The predicted octanol–water partition coefficient (Wildman–Crippen LogP) is 1.75. The summed E-state index contributed by atoms with van der Waals surface area (Å²) < 4.78 is 0. The highest BCUT2D eigenvalue weighted by molar-refractivity contribution is 5.17. The average Bonchev–Trinajstić information content (AvgIpc) is 1.90. The summed E-state index contributed by atoms with van der Waals surface area (Å²) in [4.78, 5) is 0. The van der Waals surface area contributed by atoms with E-state index in [1.54, 1.807) is 0 Å². The Kier molecular flexibility index (Phi) is 1.54. The first kappa shape index (κ1) is 5.18. The van der Waals surface area contributed by atoms with Gasteiger partial charge in [-0.15, -0.1) is 6.42 Å². The summed E-state index contributed by atoms with van der Waals surface area (Å²) in [6.07, 6.45) is 14.3. The minimum Gasteiger partial charge on any atom is -0.119 e. The van der Waals surface area contributed by atoms with Crippen LogP contribution in [0.15, 0.2) is 24.3 Å². The van der Waals surface area contributed by atoms with E-state index < -0.39 is 0 Å². The van der Waals surface area contributed by atoms with Crippen molar-refractivity contribution >= 4 is 0 Å². The molecule has 0 aromatic heterocycles. The van der Waals surface area contributed by atoms with Crippen LogP contribution in [0, 0.1) is 18.3 Å². The summed E-state index contributed by atoms with van der Waals surface area (Å²) in [5.74, 6) is 3.01. The third kappa shape index (κ3) is 1.01. The predicted molar refractivity (Wildman–Crippen MR) is 35.2 cm³/mol. The fraction of sp³-hybridized carbons (Fsp3) is 0.250. The molecule has 40 valence electrons. The minimum atomic E-state index is 0.347. The molecule has 0 fully saturated rings. The Balaban J connectivity index is 2.55. The van der Waals surface area contributed by atoms with Crippen molar-refractivity contribution in [2.45, 2.75) is 6.42 Å². The first-order valence-corrected chi connectivity index (χ1v) is 2.73. The first-order valence-electron chi connectivity index (χ1n) is 2.73. The van der Waals surface area contributed by atoms with Crippen molar-refractivity contribution in [2.75, 3.05) is 0 Å². The van der Waals surface area contributed by atoms with Crippen molar-refractivity contribution in [2.24, 2.45) is 5.92 Å². The van der Waals surface area contributed by atoms with E-state index in [2.05, 4.69) is 12.0 Å². The highest BCUT2D eigenvalue weighted by Crippen LogP contribution is 2.08. The van der Waals surface area contributed by atoms with Crippen LogP contribution in [0.1, 0.15) is 6.42 Å². The van der Waals surface area contributed by atoms with Gasteiger partial charge >= 0.3 is 0 Å². The quantitative estimate of drug-likeness (QED) is 0.411. The van der Waals surface area contributed by atoms with Gasteiger partial charge in [-0.05, 0) is 6.42 Å². The van der Waals surface area contributed by atoms with Crippen molar-refractivity contribution in [3.05, 3.63) is 24.3 Å². The van der Waals surface area contributed by atoms with Gasteiger partial charge in [-0.1, -0.05) is 30.2 Å². The topological polar surface area (TPSA) is 0 Å². The lowest BCUT2D eigenvalue weighted by atomic mass is 10.0. The zero-order chi connectivity index (χ0) is 5.82. The lowest BCUT2D eigenvalue weighted by Crippen LogP contribution is -1.90. The summed E-state index contributed by atoms with van der Waals surface area (Å²) in [5, 5.41) is 0. The second-order valence-corrected chi connectivity index (χ2v) is 1.82. The molecule has 0 spiro atoms. The fourth-order valence-corrected chi connectivity index (χ4v) is 0.704. The molecule has 1 atom stereocenters. The van der Waals surface area contributed by atoms with Crippen molar-refractivity contribution in [1.82, 2.24) is 0 Å². The van der Waals surface area contributed by atoms with Gasteiger partial charge in [0.05, 0.1) is 0 Å². The largest absolute Gasteiger partial charge is 0.119 e. The smallest absolute Gasteiger partial charge is 0.0417 e. The molecular weight excluding hydrogens is 96.1 g/mol. The van der Waals surface area contributed by atoms with Gasteiger partial charge in [-0.3, -0.25) is 0 Å². The van der Waals surface area contributed by atoms with E-state index in [1.807, 2.05) is 18.2 Å². The summed E-state index contributed by atoms with van der Waals surface area (Å²) in [7, 11) is 0. The minimum absolute atomic E-state index is 0.347. The summed E-state index contributed by atoms with van der Waals surface area (Å²) in [6.45, 7) is 0. The van der Waals surface area contributed by atoms with E-state index in [1.165, 1.54) is 0 Å². The monoisotopic (exact) mass is 104 g/mol. The molecule has 8 heavy (non-hydrogen) atoms. The van der Waals surface area contributed by atoms with Crippen LogP contribution in [0.4, 0.5) is 0 Å². The van der Waals surface area contributed by atoms with Crippen LogP contribution in [0.3, 0.4) is 0 Å². The number of allylic oxidation sites excluding steroid dienone is 4. The normalized spacial score (nSPS) is 25.1. The molecule has 0 radical (unpaired) electrons. The molecule has 0 aromatic carbocycles. The van der Waals surface area contributed by atoms with Gasteiger partial charge in [-0.2, -0.15) is 0 Å². The highest BCUT2D eigenvalue weighted by Gasteiger charge is 1.96. The molecule has 0 saturated heterocycles. The zero-order valence-corrected chi connectivity index (χ0v) is 4.67. The standard InChI is InChI=1S/C8H8/c1-2-8-6-4-3-5-7-8/h1,3-6,8H,7H2. The van der Waals surface area contributed by atoms with Crippen LogP contribution >= 0.6 is 0 Å². The maximum atomic E-state index is 5.17. The van der Waals surface area contributed by atoms with Crippen LogP contribution in [0.25, 0.3) is 0 Å². The summed E-state index contributed by atoms with van der Waals surface area (Å²) in [6, 6.07) is 0. The van der Waals surface area contributed by atoms with E-state index in [9.17, 15) is 0 Å². The van der Waals surface area contributed by atoms with Crippen LogP contribution in [0.2, 0.25) is 0 Å². The molecule has 0 aromatic rings. The molecule has 0 nitrogen and oxygen atoms in total. The Morgan fingerprint density at radius 1 is 1.50 bits per heavy atom. The molecule has 1 rings (SSSR count). The maximum absolute atomic E-state index is 5.17. The molecule has 0 saturated carbocycles. The Hall–Kier alpha value is -0.960. The van der Waals surface area contributed by atoms with Crippen LogP contribution < -0.4 is 0 Å². The lowest BCUT2D eigenvalue weighted by molar-refractivity contribution is 0.853. The van der Waals surface area contributed by atoms with Crippen molar-refractivity contribution < 1.29 is 0 Å². The van der Waals surface area contributed by atoms with Crippen molar-refractivity contribution in [3.8, 4) is 12.3 Å². The van der Waals surface area contributed by atoms with Crippen LogP contribution in [0.5, 0.6) is 0 Å². The molecule has 1 aliphatic carbocycles. The van der Waals surface area contributed by atoms with Crippen LogP contribution in [-0.4, -0.2) is 0 Å². The second-order valence-electron chi connectivity index (χ2n) is 1.82.